The summed E-state index contributed by atoms with van der Waals surface area (Å²) >= 11 is 3.46. The molecule has 1 aliphatic carbocycles. The minimum Gasteiger partial charge on any atom is -0.462 e. The summed E-state index contributed by atoms with van der Waals surface area (Å²) in [5.41, 5.74) is 7.29. The second kappa shape index (κ2) is 5.71. The molecule has 0 amide bonds. The van der Waals surface area contributed by atoms with E-state index in [1.54, 1.807) is 19.1 Å². The summed E-state index contributed by atoms with van der Waals surface area (Å²) in [5, 5.41) is 3.40. The van der Waals surface area contributed by atoms with Gasteiger partial charge in [0.1, 0.15) is 0 Å². The van der Waals surface area contributed by atoms with Gasteiger partial charge in [-0.1, -0.05) is 0 Å². The number of hydrogen-bond donors (Lipinski definition) is 2. The highest BCUT2D eigenvalue weighted by Crippen LogP contribution is 2.28. The molecule has 1 fully saturated rings. The van der Waals surface area contributed by atoms with E-state index in [9.17, 15) is 4.79 Å². The molecule has 0 spiro atoms. The molecule has 18 heavy (non-hydrogen) atoms. The van der Waals surface area contributed by atoms with E-state index in [4.69, 9.17) is 10.5 Å². The van der Waals surface area contributed by atoms with Crippen LogP contribution in [-0.4, -0.2) is 24.7 Å². The molecule has 4 nitrogen and oxygen atoms in total. The Morgan fingerprint density at radius 1 is 1.56 bits per heavy atom. The smallest absolute Gasteiger partial charge is 0.338 e. The van der Waals surface area contributed by atoms with E-state index in [1.807, 2.05) is 6.07 Å². The summed E-state index contributed by atoms with van der Waals surface area (Å²) < 4.78 is 5.82. The number of hydrogen-bond acceptors (Lipinski definition) is 4. The average molecular weight is 313 g/mol. The Morgan fingerprint density at radius 2 is 2.28 bits per heavy atom. The van der Waals surface area contributed by atoms with Crippen LogP contribution in [0.5, 0.6) is 0 Å². The highest BCUT2D eigenvalue weighted by atomic mass is 79.9. The van der Waals surface area contributed by atoms with Crippen molar-refractivity contribution in [2.45, 2.75) is 31.8 Å². The second-order valence-corrected chi connectivity index (χ2v) is 5.34. The normalized spacial score (nSPS) is 22.2. The number of anilines is 1. The van der Waals surface area contributed by atoms with Crippen LogP contribution in [0.3, 0.4) is 0 Å². The summed E-state index contributed by atoms with van der Waals surface area (Å²) in [6.07, 6.45) is 1.98. The van der Waals surface area contributed by atoms with Crippen molar-refractivity contribution in [3.05, 3.63) is 28.2 Å². The van der Waals surface area contributed by atoms with Gasteiger partial charge >= 0.3 is 5.97 Å². The molecule has 5 heteroatoms. The van der Waals surface area contributed by atoms with Crippen LogP contribution in [0.25, 0.3) is 0 Å². The molecule has 98 valence electrons. The Bertz CT molecular complexity index is 445. The lowest BCUT2D eigenvalue weighted by atomic mass is 9.87. The van der Waals surface area contributed by atoms with Crippen molar-refractivity contribution in [1.82, 2.24) is 0 Å². The highest BCUT2D eigenvalue weighted by molar-refractivity contribution is 9.10. The van der Waals surface area contributed by atoms with E-state index in [1.165, 1.54) is 0 Å². The molecule has 0 bridgehead atoms. The molecule has 1 aromatic rings. The van der Waals surface area contributed by atoms with Crippen LogP contribution < -0.4 is 11.1 Å². The highest BCUT2D eigenvalue weighted by Gasteiger charge is 2.26. The number of esters is 1. The molecule has 1 aliphatic rings. The van der Waals surface area contributed by atoms with E-state index < -0.39 is 0 Å². The third-order valence-electron chi connectivity index (χ3n) is 3.01. The maximum atomic E-state index is 11.6. The van der Waals surface area contributed by atoms with Crippen molar-refractivity contribution in [3.63, 3.8) is 0 Å². The predicted molar refractivity (Wildman–Crippen MR) is 74.7 cm³/mol. The Balaban J connectivity index is 2.03. The van der Waals surface area contributed by atoms with Crippen LogP contribution in [0.1, 0.15) is 30.1 Å². The van der Waals surface area contributed by atoms with Crippen molar-refractivity contribution >= 4 is 27.6 Å². The number of nitrogens with one attached hydrogen (secondary N) is 1. The Hall–Kier alpha value is -1.07. The molecular weight excluding hydrogens is 296 g/mol. The van der Waals surface area contributed by atoms with Crippen molar-refractivity contribution in [3.8, 4) is 0 Å². The van der Waals surface area contributed by atoms with Gasteiger partial charge in [-0.25, -0.2) is 4.79 Å². The molecule has 3 N–H and O–H groups in total. The fraction of sp³-hybridized carbons (Fsp3) is 0.462. The number of nitrogens with two attached hydrogens (primary N) is 1. The lowest BCUT2D eigenvalue weighted by molar-refractivity contribution is 0.0526. The van der Waals surface area contributed by atoms with Gasteiger partial charge in [0.25, 0.3) is 0 Å². The molecule has 0 aromatic heterocycles. The van der Waals surface area contributed by atoms with Gasteiger partial charge < -0.3 is 15.8 Å². The molecule has 0 heterocycles. The zero-order chi connectivity index (χ0) is 13.1. The second-order valence-electron chi connectivity index (χ2n) is 4.49. The van der Waals surface area contributed by atoms with Crippen LogP contribution >= 0.6 is 15.9 Å². The zero-order valence-corrected chi connectivity index (χ0v) is 11.9. The first-order valence-electron chi connectivity index (χ1n) is 6.09. The van der Waals surface area contributed by atoms with Gasteiger partial charge in [0.2, 0.25) is 0 Å². The fourth-order valence-electron chi connectivity index (χ4n) is 1.97. The standard InChI is InChI=1S/C13H17BrN2O2/c1-2-18-13(17)8-3-4-12(11(14)5-8)16-10-6-9(15)7-10/h3-5,9-10,16H,2,6-7,15H2,1H3. The maximum Gasteiger partial charge on any atom is 0.338 e. The van der Waals surface area contributed by atoms with E-state index >= 15 is 0 Å². The Kier molecular flexibility index (Phi) is 4.24. The quantitative estimate of drug-likeness (QED) is 0.839. The third kappa shape index (κ3) is 3.03. The molecule has 0 aliphatic heterocycles. The van der Waals surface area contributed by atoms with Crippen LogP contribution in [0.2, 0.25) is 0 Å². The first-order chi connectivity index (χ1) is 8.60. The monoisotopic (exact) mass is 312 g/mol. The molecule has 0 saturated heterocycles. The SMILES string of the molecule is CCOC(=O)c1ccc(NC2CC(N)C2)c(Br)c1. The number of rotatable bonds is 4. The minimum atomic E-state index is -0.296. The van der Waals surface area contributed by atoms with E-state index in [0.29, 0.717) is 24.3 Å². The minimum absolute atomic E-state index is 0.296. The van der Waals surface area contributed by atoms with Gasteiger partial charge in [0.05, 0.1) is 12.2 Å². The number of ether oxygens (including phenoxy) is 1. The molecule has 1 saturated carbocycles. The number of benzene rings is 1. The topological polar surface area (TPSA) is 64.3 Å². The molecular formula is C13H17BrN2O2. The van der Waals surface area contributed by atoms with E-state index in [-0.39, 0.29) is 5.97 Å². The van der Waals surface area contributed by atoms with Crippen LogP contribution in [0.15, 0.2) is 22.7 Å². The van der Waals surface area contributed by atoms with E-state index in [0.717, 1.165) is 23.0 Å². The number of halogens is 1. The number of carbonyl (C=O) groups excluding carboxylic acids is 1. The molecule has 2 rings (SSSR count). The number of carbonyl (C=O) groups is 1. The van der Waals surface area contributed by atoms with Crippen molar-refractivity contribution in [2.24, 2.45) is 5.73 Å². The maximum absolute atomic E-state index is 11.6. The van der Waals surface area contributed by atoms with Crippen molar-refractivity contribution in [1.29, 1.82) is 0 Å². The van der Waals surface area contributed by atoms with Gasteiger partial charge in [-0.05, 0) is 53.9 Å². The lowest BCUT2D eigenvalue weighted by Gasteiger charge is -2.34. The third-order valence-corrected chi connectivity index (χ3v) is 3.67. The van der Waals surface area contributed by atoms with Crippen molar-refractivity contribution in [2.75, 3.05) is 11.9 Å². The lowest BCUT2D eigenvalue weighted by Crippen LogP contribution is -2.44. The van der Waals surface area contributed by atoms with Crippen LogP contribution in [0, 0.1) is 0 Å². The average Bonchev–Trinajstić information content (AvgIpc) is 2.29. The van der Waals surface area contributed by atoms with Gasteiger partial charge in [-0.15, -0.1) is 0 Å². The van der Waals surface area contributed by atoms with Gasteiger partial charge in [-0.3, -0.25) is 0 Å². The Morgan fingerprint density at radius 3 is 2.83 bits per heavy atom. The zero-order valence-electron chi connectivity index (χ0n) is 10.3. The van der Waals surface area contributed by atoms with Gasteiger partial charge in [-0.2, -0.15) is 0 Å². The summed E-state index contributed by atoms with van der Waals surface area (Å²) in [6.45, 7) is 2.18. The molecule has 0 atom stereocenters. The van der Waals surface area contributed by atoms with Crippen molar-refractivity contribution < 1.29 is 9.53 Å². The predicted octanol–water partition coefficient (Wildman–Crippen LogP) is 2.53. The molecule has 0 radical (unpaired) electrons. The van der Waals surface area contributed by atoms with Crippen LogP contribution in [0.4, 0.5) is 5.69 Å². The molecule has 1 aromatic carbocycles. The van der Waals surface area contributed by atoms with Gasteiger partial charge in [0.15, 0.2) is 0 Å². The summed E-state index contributed by atoms with van der Waals surface area (Å²) in [6, 6.07) is 6.19. The van der Waals surface area contributed by atoms with E-state index in [2.05, 4.69) is 21.2 Å². The summed E-state index contributed by atoms with van der Waals surface area (Å²) in [7, 11) is 0. The van der Waals surface area contributed by atoms with Crippen LogP contribution in [-0.2, 0) is 4.74 Å². The summed E-state index contributed by atoms with van der Waals surface area (Å²) in [5.74, 6) is -0.296. The first-order valence-corrected chi connectivity index (χ1v) is 6.88. The molecule has 0 unspecified atom stereocenters. The fourth-order valence-corrected chi connectivity index (χ4v) is 2.47. The summed E-state index contributed by atoms with van der Waals surface area (Å²) in [4.78, 5) is 11.6. The first kappa shape index (κ1) is 13.4. The largest absolute Gasteiger partial charge is 0.462 e. The van der Waals surface area contributed by atoms with Gasteiger partial charge in [0, 0.05) is 22.2 Å². The Labute approximate surface area is 115 Å².